The molecule has 84 valence electrons. The lowest BCUT2D eigenvalue weighted by Crippen LogP contribution is -2.00. The van der Waals surface area contributed by atoms with Crippen LogP contribution in [-0.4, -0.2) is 14.5 Å². The molecule has 0 radical (unpaired) electrons. The lowest BCUT2D eigenvalue weighted by molar-refractivity contribution is 0.797. The number of pyridine rings is 1. The van der Waals surface area contributed by atoms with E-state index in [4.69, 9.17) is 11.6 Å². The average Bonchev–Trinajstić information content (AvgIpc) is 2.73. The van der Waals surface area contributed by atoms with E-state index in [0.29, 0.717) is 11.7 Å². The smallest absolute Gasteiger partial charge is 0.129 e. The summed E-state index contributed by atoms with van der Waals surface area (Å²) in [6.45, 7) is 0.682. The van der Waals surface area contributed by atoms with Crippen LogP contribution in [0.15, 0.2) is 48.8 Å². The zero-order valence-corrected chi connectivity index (χ0v) is 9.80. The van der Waals surface area contributed by atoms with E-state index < -0.39 is 0 Å². The Morgan fingerprint density at radius 3 is 2.82 bits per heavy atom. The van der Waals surface area contributed by atoms with Crippen molar-refractivity contribution in [1.29, 1.82) is 0 Å². The zero-order valence-electron chi connectivity index (χ0n) is 9.05. The van der Waals surface area contributed by atoms with Crippen molar-refractivity contribution < 1.29 is 0 Å². The van der Waals surface area contributed by atoms with Gasteiger partial charge in [-0.1, -0.05) is 29.8 Å². The highest BCUT2D eigenvalue weighted by Crippen LogP contribution is 2.14. The first-order valence-corrected chi connectivity index (χ1v) is 5.72. The third-order valence-corrected chi connectivity index (χ3v) is 2.84. The maximum atomic E-state index is 5.87. The molecule has 0 amide bonds. The summed E-state index contributed by atoms with van der Waals surface area (Å²) in [6, 6.07) is 13.7. The Kier molecular flexibility index (Phi) is 2.53. The van der Waals surface area contributed by atoms with E-state index >= 15 is 0 Å². The summed E-state index contributed by atoms with van der Waals surface area (Å²) in [6.07, 6.45) is 1.83. The second kappa shape index (κ2) is 4.18. The molecule has 0 atom stereocenters. The Morgan fingerprint density at radius 1 is 1.06 bits per heavy atom. The number of rotatable bonds is 2. The minimum absolute atomic E-state index is 0.520. The highest BCUT2D eigenvalue weighted by atomic mass is 35.5. The summed E-state index contributed by atoms with van der Waals surface area (Å²) in [4.78, 5) is 8.61. The van der Waals surface area contributed by atoms with Crippen molar-refractivity contribution in [2.75, 3.05) is 0 Å². The molecule has 4 heteroatoms. The second-order valence-corrected chi connectivity index (χ2v) is 4.20. The fourth-order valence-electron chi connectivity index (χ4n) is 1.85. The average molecular weight is 244 g/mol. The van der Waals surface area contributed by atoms with Crippen molar-refractivity contribution in [2.45, 2.75) is 6.54 Å². The summed E-state index contributed by atoms with van der Waals surface area (Å²) in [5.41, 5.74) is 3.03. The van der Waals surface area contributed by atoms with Gasteiger partial charge in [0.15, 0.2) is 0 Å². The number of halogens is 1. The molecule has 0 N–H and O–H groups in total. The fraction of sp³-hybridized carbons (Fsp3) is 0.0769. The van der Waals surface area contributed by atoms with Gasteiger partial charge in [-0.3, -0.25) is 0 Å². The van der Waals surface area contributed by atoms with Crippen LogP contribution < -0.4 is 0 Å². The number of benzene rings is 1. The number of aromatic nitrogens is 3. The highest BCUT2D eigenvalue weighted by Gasteiger charge is 2.03. The molecule has 0 fully saturated rings. The SMILES string of the molecule is Clc1cccc(Cn2cnc3ccccc32)n1. The predicted octanol–water partition coefficient (Wildman–Crippen LogP) is 3.13. The van der Waals surface area contributed by atoms with Crippen LogP contribution in [0.1, 0.15) is 5.69 Å². The number of fused-ring (bicyclic) bond motifs is 1. The largest absolute Gasteiger partial charge is 0.324 e. The quantitative estimate of drug-likeness (QED) is 0.648. The van der Waals surface area contributed by atoms with Crippen LogP contribution in [0.3, 0.4) is 0 Å². The van der Waals surface area contributed by atoms with Crippen LogP contribution in [0.5, 0.6) is 0 Å². The third-order valence-electron chi connectivity index (χ3n) is 2.63. The molecule has 3 rings (SSSR count). The van der Waals surface area contributed by atoms with E-state index in [9.17, 15) is 0 Å². The fourth-order valence-corrected chi connectivity index (χ4v) is 2.03. The van der Waals surface area contributed by atoms with Crippen molar-refractivity contribution in [3.05, 3.63) is 59.6 Å². The van der Waals surface area contributed by atoms with Crippen molar-refractivity contribution in [1.82, 2.24) is 14.5 Å². The number of imidazole rings is 1. The molecule has 0 unspecified atom stereocenters. The van der Waals surface area contributed by atoms with Gasteiger partial charge in [-0.05, 0) is 24.3 Å². The highest BCUT2D eigenvalue weighted by molar-refractivity contribution is 6.29. The Labute approximate surface area is 104 Å². The van der Waals surface area contributed by atoms with Crippen molar-refractivity contribution in [3.8, 4) is 0 Å². The molecule has 2 aromatic heterocycles. The molecule has 17 heavy (non-hydrogen) atoms. The molecule has 0 spiro atoms. The van der Waals surface area contributed by atoms with E-state index in [1.165, 1.54) is 0 Å². The third kappa shape index (κ3) is 2.01. The summed E-state index contributed by atoms with van der Waals surface area (Å²) < 4.78 is 2.06. The molecule has 0 aliphatic heterocycles. The molecular formula is C13H10ClN3. The first kappa shape index (κ1) is 10.3. The van der Waals surface area contributed by atoms with E-state index in [1.807, 2.05) is 42.7 Å². The molecule has 3 aromatic rings. The lowest BCUT2D eigenvalue weighted by Gasteiger charge is -2.03. The number of nitrogens with zero attached hydrogens (tertiary/aromatic N) is 3. The Bertz CT molecular complexity index is 660. The summed E-state index contributed by atoms with van der Waals surface area (Å²) in [5, 5.41) is 0.520. The van der Waals surface area contributed by atoms with Gasteiger partial charge in [0, 0.05) is 0 Å². The maximum Gasteiger partial charge on any atom is 0.129 e. The van der Waals surface area contributed by atoms with Crippen molar-refractivity contribution in [2.24, 2.45) is 0 Å². The Hall–Kier alpha value is -1.87. The van der Waals surface area contributed by atoms with Crippen molar-refractivity contribution in [3.63, 3.8) is 0 Å². The Balaban J connectivity index is 2.00. The minimum Gasteiger partial charge on any atom is -0.324 e. The topological polar surface area (TPSA) is 30.7 Å². The summed E-state index contributed by atoms with van der Waals surface area (Å²) in [5.74, 6) is 0. The molecule has 1 aromatic carbocycles. The molecule has 3 nitrogen and oxygen atoms in total. The van der Waals surface area contributed by atoms with E-state index in [0.717, 1.165) is 16.7 Å². The summed E-state index contributed by atoms with van der Waals surface area (Å²) >= 11 is 5.87. The standard InChI is InChI=1S/C13H10ClN3/c14-13-7-3-4-10(16-13)8-17-9-15-11-5-1-2-6-12(11)17/h1-7,9H,8H2. The van der Waals surface area contributed by atoms with Crippen LogP contribution >= 0.6 is 11.6 Å². The number of para-hydroxylation sites is 2. The lowest BCUT2D eigenvalue weighted by atomic mass is 10.3. The molecule has 0 aliphatic carbocycles. The molecule has 0 bridgehead atoms. The van der Waals surface area contributed by atoms with Gasteiger partial charge < -0.3 is 4.57 Å². The minimum atomic E-state index is 0.520. The first-order valence-electron chi connectivity index (χ1n) is 5.34. The number of hydrogen-bond acceptors (Lipinski definition) is 2. The van der Waals surface area contributed by atoms with E-state index in [2.05, 4.69) is 14.5 Å². The van der Waals surface area contributed by atoms with Gasteiger partial charge in [-0.2, -0.15) is 0 Å². The van der Waals surface area contributed by atoms with Crippen LogP contribution in [-0.2, 0) is 6.54 Å². The van der Waals surface area contributed by atoms with Gasteiger partial charge in [0.25, 0.3) is 0 Å². The van der Waals surface area contributed by atoms with Crippen LogP contribution in [0.2, 0.25) is 5.15 Å². The number of hydrogen-bond donors (Lipinski definition) is 0. The van der Waals surface area contributed by atoms with Gasteiger partial charge in [0.05, 0.1) is 29.6 Å². The normalized spacial score (nSPS) is 10.9. The maximum absolute atomic E-state index is 5.87. The van der Waals surface area contributed by atoms with Gasteiger partial charge in [-0.15, -0.1) is 0 Å². The molecule has 0 aliphatic rings. The van der Waals surface area contributed by atoms with Crippen LogP contribution in [0, 0.1) is 0 Å². The first-order chi connectivity index (χ1) is 8.33. The van der Waals surface area contributed by atoms with Gasteiger partial charge >= 0.3 is 0 Å². The monoisotopic (exact) mass is 243 g/mol. The van der Waals surface area contributed by atoms with E-state index in [-0.39, 0.29) is 0 Å². The van der Waals surface area contributed by atoms with Crippen LogP contribution in [0.4, 0.5) is 0 Å². The molecule has 0 saturated carbocycles. The van der Waals surface area contributed by atoms with E-state index in [1.54, 1.807) is 6.07 Å². The zero-order chi connectivity index (χ0) is 11.7. The van der Waals surface area contributed by atoms with Gasteiger partial charge in [0.2, 0.25) is 0 Å². The van der Waals surface area contributed by atoms with Crippen molar-refractivity contribution >= 4 is 22.6 Å². The summed E-state index contributed by atoms with van der Waals surface area (Å²) in [7, 11) is 0. The predicted molar refractivity (Wildman–Crippen MR) is 68.1 cm³/mol. The Morgan fingerprint density at radius 2 is 1.94 bits per heavy atom. The molecule has 0 saturated heterocycles. The second-order valence-electron chi connectivity index (χ2n) is 3.81. The molecular weight excluding hydrogens is 234 g/mol. The van der Waals surface area contributed by atoms with Gasteiger partial charge in [-0.25, -0.2) is 9.97 Å². The molecule has 2 heterocycles. The van der Waals surface area contributed by atoms with Crippen LogP contribution in [0.25, 0.3) is 11.0 Å². The van der Waals surface area contributed by atoms with Gasteiger partial charge in [0.1, 0.15) is 5.15 Å².